The van der Waals surface area contributed by atoms with Gasteiger partial charge in [0.2, 0.25) is 5.91 Å². The Labute approximate surface area is 148 Å². The zero-order chi connectivity index (χ0) is 17.5. The summed E-state index contributed by atoms with van der Waals surface area (Å²) in [6, 6.07) is 10.2. The van der Waals surface area contributed by atoms with Crippen molar-refractivity contribution in [2.75, 3.05) is 26.9 Å². The van der Waals surface area contributed by atoms with E-state index < -0.39 is 0 Å². The number of ether oxygens (including phenoxy) is 2. The summed E-state index contributed by atoms with van der Waals surface area (Å²) >= 11 is 0. The number of rotatable bonds is 8. The molecule has 0 aliphatic carbocycles. The van der Waals surface area contributed by atoms with E-state index in [-0.39, 0.29) is 18.6 Å². The Balaban J connectivity index is 1.70. The topological polar surface area (TPSA) is 56.6 Å². The molecule has 0 saturated carbocycles. The summed E-state index contributed by atoms with van der Waals surface area (Å²) in [4.78, 5) is 18.7. The lowest BCUT2D eigenvalue weighted by atomic mass is 10.2. The summed E-state index contributed by atoms with van der Waals surface area (Å²) in [5.74, 6) is 0.832. The molecule has 1 aliphatic rings. The SMILES string of the molecule is COCC(=O)N(Cc1nccn1Cc1ccccc1)C[C@@H]1CCCO1. The average Bonchev–Trinajstić information content (AvgIpc) is 3.28. The van der Waals surface area contributed by atoms with Crippen LogP contribution in [0.1, 0.15) is 24.2 Å². The number of carbonyl (C=O) groups is 1. The number of hydrogen-bond acceptors (Lipinski definition) is 4. The van der Waals surface area contributed by atoms with Crippen molar-refractivity contribution in [2.24, 2.45) is 0 Å². The van der Waals surface area contributed by atoms with Crippen LogP contribution < -0.4 is 0 Å². The van der Waals surface area contributed by atoms with E-state index >= 15 is 0 Å². The van der Waals surface area contributed by atoms with Crippen molar-refractivity contribution in [1.82, 2.24) is 14.5 Å². The van der Waals surface area contributed by atoms with Crippen LogP contribution in [0.3, 0.4) is 0 Å². The normalized spacial score (nSPS) is 16.9. The summed E-state index contributed by atoms with van der Waals surface area (Å²) in [5, 5.41) is 0. The summed E-state index contributed by atoms with van der Waals surface area (Å²) < 4.78 is 12.8. The first kappa shape index (κ1) is 17.6. The number of carbonyl (C=O) groups excluding carboxylic acids is 1. The molecule has 3 rings (SSSR count). The molecule has 1 amide bonds. The van der Waals surface area contributed by atoms with Gasteiger partial charge in [-0.25, -0.2) is 4.98 Å². The van der Waals surface area contributed by atoms with E-state index in [0.717, 1.165) is 31.8 Å². The van der Waals surface area contributed by atoms with Crippen molar-refractivity contribution in [3.8, 4) is 0 Å². The van der Waals surface area contributed by atoms with Crippen LogP contribution in [0.5, 0.6) is 0 Å². The van der Waals surface area contributed by atoms with Crippen LogP contribution in [-0.2, 0) is 27.4 Å². The van der Waals surface area contributed by atoms with Crippen LogP contribution in [0, 0.1) is 0 Å². The molecule has 25 heavy (non-hydrogen) atoms. The number of nitrogens with zero attached hydrogens (tertiary/aromatic N) is 3. The Morgan fingerprint density at radius 1 is 1.40 bits per heavy atom. The van der Waals surface area contributed by atoms with E-state index in [9.17, 15) is 4.79 Å². The molecule has 2 heterocycles. The van der Waals surface area contributed by atoms with E-state index in [1.807, 2.05) is 24.4 Å². The van der Waals surface area contributed by atoms with Gasteiger partial charge in [-0.05, 0) is 18.4 Å². The molecule has 134 valence electrons. The predicted octanol–water partition coefficient (Wildman–Crippen LogP) is 2.09. The average molecular weight is 343 g/mol. The van der Waals surface area contributed by atoms with E-state index in [4.69, 9.17) is 9.47 Å². The van der Waals surface area contributed by atoms with Crippen LogP contribution in [0.25, 0.3) is 0 Å². The van der Waals surface area contributed by atoms with Gasteiger partial charge in [-0.3, -0.25) is 4.79 Å². The van der Waals surface area contributed by atoms with Crippen molar-refractivity contribution in [3.05, 3.63) is 54.1 Å². The highest BCUT2D eigenvalue weighted by molar-refractivity contribution is 5.77. The molecule has 0 bridgehead atoms. The van der Waals surface area contributed by atoms with Crippen LogP contribution in [-0.4, -0.2) is 53.3 Å². The molecule has 1 fully saturated rings. The Bertz CT molecular complexity index is 666. The highest BCUT2D eigenvalue weighted by atomic mass is 16.5. The van der Waals surface area contributed by atoms with Gasteiger partial charge in [-0.15, -0.1) is 0 Å². The Kier molecular flexibility index (Phi) is 6.19. The molecule has 0 spiro atoms. The van der Waals surface area contributed by atoms with Gasteiger partial charge in [0.25, 0.3) is 0 Å². The number of methoxy groups -OCH3 is 1. The zero-order valence-electron chi connectivity index (χ0n) is 14.6. The van der Waals surface area contributed by atoms with Gasteiger partial charge in [-0.1, -0.05) is 30.3 Å². The number of hydrogen-bond donors (Lipinski definition) is 0. The lowest BCUT2D eigenvalue weighted by molar-refractivity contribution is -0.137. The molecule has 1 atom stereocenters. The number of benzene rings is 1. The van der Waals surface area contributed by atoms with Crippen molar-refractivity contribution in [2.45, 2.75) is 32.0 Å². The van der Waals surface area contributed by atoms with Crippen molar-refractivity contribution < 1.29 is 14.3 Å². The quantitative estimate of drug-likeness (QED) is 0.736. The molecule has 2 aromatic rings. The molecule has 1 aromatic heterocycles. The lowest BCUT2D eigenvalue weighted by Gasteiger charge is -2.25. The van der Waals surface area contributed by atoms with E-state index in [0.29, 0.717) is 13.1 Å². The smallest absolute Gasteiger partial charge is 0.249 e. The summed E-state index contributed by atoms with van der Waals surface area (Å²) in [6.07, 6.45) is 5.89. The number of imidazole rings is 1. The summed E-state index contributed by atoms with van der Waals surface area (Å²) in [5.41, 5.74) is 1.20. The monoisotopic (exact) mass is 343 g/mol. The third-order valence-corrected chi connectivity index (χ3v) is 4.40. The Morgan fingerprint density at radius 2 is 2.24 bits per heavy atom. The van der Waals surface area contributed by atoms with Crippen LogP contribution >= 0.6 is 0 Å². The van der Waals surface area contributed by atoms with Crippen molar-refractivity contribution >= 4 is 5.91 Å². The third kappa shape index (κ3) is 4.90. The first-order valence-electron chi connectivity index (χ1n) is 8.68. The fourth-order valence-electron chi connectivity index (χ4n) is 3.09. The molecule has 0 radical (unpaired) electrons. The second kappa shape index (κ2) is 8.78. The first-order chi connectivity index (χ1) is 12.3. The second-order valence-corrected chi connectivity index (χ2v) is 6.30. The van der Waals surface area contributed by atoms with Gasteiger partial charge in [0.1, 0.15) is 12.4 Å². The molecule has 6 heteroatoms. The zero-order valence-corrected chi connectivity index (χ0v) is 14.6. The van der Waals surface area contributed by atoms with Gasteiger partial charge >= 0.3 is 0 Å². The van der Waals surface area contributed by atoms with Gasteiger partial charge in [0.15, 0.2) is 0 Å². The van der Waals surface area contributed by atoms with E-state index in [1.54, 1.807) is 18.2 Å². The molecule has 6 nitrogen and oxygen atoms in total. The van der Waals surface area contributed by atoms with Crippen molar-refractivity contribution in [3.63, 3.8) is 0 Å². The molecular weight excluding hydrogens is 318 g/mol. The third-order valence-electron chi connectivity index (χ3n) is 4.40. The molecular formula is C19H25N3O3. The highest BCUT2D eigenvalue weighted by Crippen LogP contribution is 2.15. The van der Waals surface area contributed by atoms with Gasteiger partial charge in [0, 0.05) is 39.2 Å². The maximum Gasteiger partial charge on any atom is 0.249 e. The lowest BCUT2D eigenvalue weighted by Crippen LogP contribution is -2.39. The summed E-state index contributed by atoms with van der Waals surface area (Å²) in [6.45, 7) is 2.64. The van der Waals surface area contributed by atoms with Crippen LogP contribution in [0.2, 0.25) is 0 Å². The molecule has 1 aliphatic heterocycles. The minimum absolute atomic E-state index is 0.0349. The van der Waals surface area contributed by atoms with E-state index in [2.05, 4.69) is 21.7 Å². The molecule has 0 N–H and O–H groups in total. The van der Waals surface area contributed by atoms with Gasteiger partial charge < -0.3 is 18.9 Å². The van der Waals surface area contributed by atoms with E-state index in [1.165, 1.54) is 5.56 Å². The Morgan fingerprint density at radius 3 is 2.96 bits per heavy atom. The minimum Gasteiger partial charge on any atom is -0.376 e. The highest BCUT2D eigenvalue weighted by Gasteiger charge is 2.23. The summed E-state index contributed by atoms with van der Waals surface area (Å²) in [7, 11) is 1.54. The largest absolute Gasteiger partial charge is 0.376 e. The maximum atomic E-state index is 12.4. The number of amides is 1. The number of aromatic nitrogens is 2. The fraction of sp³-hybridized carbons (Fsp3) is 0.474. The molecule has 1 saturated heterocycles. The molecule has 0 unspecified atom stereocenters. The predicted molar refractivity (Wildman–Crippen MR) is 94.0 cm³/mol. The second-order valence-electron chi connectivity index (χ2n) is 6.30. The van der Waals surface area contributed by atoms with Gasteiger partial charge in [0.05, 0.1) is 12.6 Å². The minimum atomic E-state index is -0.0349. The molecule has 1 aromatic carbocycles. The van der Waals surface area contributed by atoms with Crippen LogP contribution in [0.15, 0.2) is 42.7 Å². The fourth-order valence-corrected chi connectivity index (χ4v) is 3.09. The standard InChI is InChI=1S/C19H25N3O3/c1-24-15-19(23)22(13-17-8-5-11-25-17)14-18-20-9-10-21(18)12-16-6-3-2-4-7-16/h2-4,6-7,9-10,17H,5,8,11-15H2,1H3/t17-/m0/s1. The van der Waals surface area contributed by atoms with Crippen molar-refractivity contribution in [1.29, 1.82) is 0 Å². The first-order valence-corrected chi connectivity index (χ1v) is 8.68. The van der Waals surface area contributed by atoms with Gasteiger partial charge in [-0.2, -0.15) is 0 Å². The Hall–Kier alpha value is -2.18. The maximum absolute atomic E-state index is 12.4. The van der Waals surface area contributed by atoms with Crippen LogP contribution in [0.4, 0.5) is 0 Å².